The Morgan fingerprint density at radius 3 is 2.51 bits per heavy atom. The van der Waals surface area contributed by atoms with Crippen molar-refractivity contribution < 1.29 is 14.3 Å². The molecule has 4 rings (SSSR count). The van der Waals surface area contributed by atoms with Crippen LogP contribution in [0.2, 0.25) is 0 Å². The van der Waals surface area contributed by atoms with Crippen LogP contribution in [0.5, 0.6) is 0 Å². The third kappa shape index (κ3) is 5.94. The number of allylic oxidation sites excluding steroid dienone is 2. The lowest BCUT2D eigenvalue weighted by Gasteiger charge is -2.18. The topological polar surface area (TPSA) is 55.7 Å². The summed E-state index contributed by atoms with van der Waals surface area (Å²) in [5.74, 6) is -0.501. The van der Waals surface area contributed by atoms with Crippen molar-refractivity contribution in [2.75, 3.05) is 7.11 Å². The van der Waals surface area contributed by atoms with Crippen LogP contribution in [0.3, 0.4) is 0 Å². The Kier molecular flexibility index (Phi) is 7.91. The minimum absolute atomic E-state index is 0.0290. The Hall–Kier alpha value is -3.53. The second kappa shape index (κ2) is 11.3. The largest absolute Gasteiger partial charge is 0.469 e. The van der Waals surface area contributed by atoms with Crippen LogP contribution in [0.1, 0.15) is 55.5 Å². The number of fused-ring (bicyclic) bond motifs is 1. The number of aryl methyl sites for hydroxylation is 1. The van der Waals surface area contributed by atoms with E-state index in [4.69, 9.17) is 4.74 Å². The number of rotatable bonds is 10. The van der Waals surface area contributed by atoms with Gasteiger partial charge in [-0.15, -0.1) is 0 Å². The zero-order valence-electron chi connectivity index (χ0n) is 20.8. The molecule has 0 saturated heterocycles. The van der Waals surface area contributed by atoms with Crippen LogP contribution in [0, 0.1) is 11.8 Å². The number of hydrogen-bond acceptors (Lipinski definition) is 4. The van der Waals surface area contributed by atoms with Crippen molar-refractivity contribution in [2.24, 2.45) is 16.8 Å². The van der Waals surface area contributed by atoms with E-state index in [0.717, 1.165) is 46.9 Å². The van der Waals surface area contributed by atoms with Crippen LogP contribution < -0.4 is 0 Å². The van der Waals surface area contributed by atoms with E-state index >= 15 is 0 Å². The highest BCUT2D eigenvalue weighted by Crippen LogP contribution is 2.34. The first-order valence-corrected chi connectivity index (χ1v) is 12.4. The van der Waals surface area contributed by atoms with Gasteiger partial charge in [-0.3, -0.25) is 14.6 Å². The third-order valence-corrected chi connectivity index (χ3v) is 6.57. The fraction of sp³-hybridized carbons (Fsp3) is 0.323. The summed E-state index contributed by atoms with van der Waals surface area (Å²) in [6.07, 6.45) is 7.49. The van der Waals surface area contributed by atoms with E-state index in [1.807, 2.05) is 36.5 Å². The maximum atomic E-state index is 13.6. The number of ketones is 1. The molecule has 0 amide bonds. The molecule has 0 aliphatic carbocycles. The van der Waals surface area contributed by atoms with Crippen molar-refractivity contribution in [3.05, 3.63) is 83.6 Å². The third-order valence-electron chi connectivity index (χ3n) is 6.57. The Morgan fingerprint density at radius 2 is 1.77 bits per heavy atom. The summed E-state index contributed by atoms with van der Waals surface area (Å²) in [6.45, 7) is 4.11. The van der Waals surface area contributed by atoms with Crippen LogP contribution in [0.15, 0.2) is 77.4 Å². The molecule has 35 heavy (non-hydrogen) atoms. The lowest BCUT2D eigenvalue weighted by atomic mass is 9.86. The van der Waals surface area contributed by atoms with Crippen molar-refractivity contribution in [1.29, 1.82) is 0 Å². The average Bonchev–Trinajstić information content (AvgIpc) is 3.39. The number of carbonyl (C=O) groups is 2. The summed E-state index contributed by atoms with van der Waals surface area (Å²) in [4.78, 5) is 30.5. The summed E-state index contributed by atoms with van der Waals surface area (Å²) < 4.78 is 5.01. The zero-order chi connectivity index (χ0) is 24.8. The Bertz CT molecular complexity index is 1280. The molecular weight excluding hydrogens is 434 g/mol. The number of hydrogen-bond donors (Lipinski definition) is 0. The SMILES string of the molecule is COC(=O)[C@@H](CC(=O)c1ccc(CCC2=CCC=N2)cc1-c1cccc2ccccc12)CC(C)C. The molecule has 1 atom stereocenters. The van der Waals surface area contributed by atoms with Gasteiger partial charge in [-0.1, -0.05) is 80.6 Å². The van der Waals surface area contributed by atoms with E-state index in [0.29, 0.717) is 17.9 Å². The van der Waals surface area contributed by atoms with E-state index in [1.165, 1.54) is 12.7 Å². The van der Waals surface area contributed by atoms with Crippen LogP contribution in [0.4, 0.5) is 0 Å². The second-order valence-corrected chi connectivity index (χ2v) is 9.63. The first kappa shape index (κ1) is 24.6. The number of benzene rings is 3. The molecule has 0 radical (unpaired) electrons. The van der Waals surface area contributed by atoms with Crippen LogP contribution in [-0.4, -0.2) is 25.1 Å². The van der Waals surface area contributed by atoms with E-state index in [-0.39, 0.29) is 18.2 Å². The van der Waals surface area contributed by atoms with E-state index < -0.39 is 5.92 Å². The molecule has 1 aliphatic rings. The Balaban J connectivity index is 1.73. The van der Waals surface area contributed by atoms with Gasteiger partial charge < -0.3 is 4.74 Å². The zero-order valence-corrected chi connectivity index (χ0v) is 20.8. The first-order chi connectivity index (χ1) is 17.0. The number of methoxy groups -OCH3 is 1. The van der Waals surface area contributed by atoms with Crippen LogP contribution >= 0.6 is 0 Å². The molecule has 0 fully saturated rings. The predicted molar refractivity (Wildman–Crippen MR) is 143 cm³/mol. The Labute approximate surface area is 207 Å². The molecule has 3 aromatic carbocycles. The summed E-state index contributed by atoms with van der Waals surface area (Å²) in [5, 5.41) is 2.24. The molecule has 0 bridgehead atoms. The van der Waals surface area contributed by atoms with Gasteiger partial charge in [-0.25, -0.2) is 0 Å². The molecule has 0 unspecified atom stereocenters. The fourth-order valence-electron chi connectivity index (χ4n) is 4.86. The lowest BCUT2D eigenvalue weighted by Crippen LogP contribution is -2.22. The van der Waals surface area contributed by atoms with Crippen molar-refractivity contribution >= 4 is 28.7 Å². The van der Waals surface area contributed by atoms with Gasteiger partial charge in [0, 0.05) is 30.3 Å². The molecule has 4 nitrogen and oxygen atoms in total. The van der Waals surface area contributed by atoms with Crippen molar-refractivity contribution in [3.63, 3.8) is 0 Å². The highest BCUT2D eigenvalue weighted by molar-refractivity contribution is 6.07. The molecule has 0 aromatic heterocycles. The second-order valence-electron chi connectivity index (χ2n) is 9.63. The van der Waals surface area contributed by atoms with E-state index in [9.17, 15) is 9.59 Å². The van der Waals surface area contributed by atoms with Gasteiger partial charge >= 0.3 is 5.97 Å². The van der Waals surface area contributed by atoms with Gasteiger partial charge in [-0.05, 0) is 52.6 Å². The van der Waals surface area contributed by atoms with Crippen LogP contribution in [0.25, 0.3) is 21.9 Å². The monoisotopic (exact) mass is 467 g/mol. The first-order valence-electron chi connectivity index (χ1n) is 12.4. The van der Waals surface area contributed by atoms with Gasteiger partial charge in [0.05, 0.1) is 13.0 Å². The number of carbonyl (C=O) groups excluding carboxylic acids is 2. The number of esters is 1. The van der Waals surface area contributed by atoms with E-state index in [1.54, 1.807) is 0 Å². The molecule has 1 heterocycles. The minimum atomic E-state index is -0.445. The standard InChI is InChI=1S/C31H33NO3/c1-21(2)18-24(31(34)35-3)20-30(33)28-16-14-22(13-15-25-10-7-17-32-25)19-29(28)27-12-6-9-23-8-4-5-11-26(23)27/h4-6,8-12,14,16-17,19,21,24H,7,13,15,18,20H2,1-3H3/t24-/m1/s1. The van der Waals surface area contributed by atoms with Gasteiger partial charge in [0.25, 0.3) is 0 Å². The minimum Gasteiger partial charge on any atom is -0.469 e. The summed E-state index contributed by atoms with van der Waals surface area (Å²) in [5.41, 5.74) is 4.89. The molecule has 0 saturated carbocycles. The number of nitrogens with zero attached hydrogens (tertiary/aromatic N) is 1. The maximum Gasteiger partial charge on any atom is 0.309 e. The summed E-state index contributed by atoms with van der Waals surface area (Å²) >= 11 is 0. The number of Topliss-reactive ketones (excluding diaryl/α,β-unsaturated/α-hetero) is 1. The number of ether oxygens (including phenoxy) is 1. The van der Waals surface area contributed by atoms with Gasteiger partial charge in [0.1, 0.15) is 0 Å². The van der Waals surface area contributed by atoms with Crippen molar-refractivity contribution in [1.82, 2.24) is 0 Å². The van der Waals surface area contributed by atoms with Crippen LogP contribution in [-0.2, 0) is 16.0 Å². The lowest BCUT2D eigenvalue weighted by molar-refractivity contribution is -0.145. The normalized spacial score (nSPS) is 13.8. The maximum absolute atomic E-state index is 13.6. The molecule has 0 spiro atoms. The predicted octanol–water partition coefficient (Wildman–Crippen LogP) is 7.21. The highest BCUT2D eigenvalue weighted by atomic mass is 16.5. The van der Waals surface area contributed by atoms with Gasteiger partial charge in [-0.2, -0.15) is 0 Å². The average molecular weight is 468 g/mol. The smallest absolute Gasteiger partial charge is 0.309 e. The summed E-state index contributed by atoms with van der Waals surface area (Å²) in [7, 11) is 1.39. The molecular formula is C31H33NO3. The van der Waals surface area contributed by atoms with E-state index in [2.05, 4.69) is 55.2 Å². The van der Waals surface area contributed by atoms with Gasteiger partial charge in [0.15, 0.2) is 5.78 Å². The van der Waals surface area contributed by atoms with Crippen molar-refractivity contribution in [3.8, 4) is 11.1 Å². The number of aliphatic imine (C=N–C) groups is 1. The Morgan fingerprint density at radius 1 is 0.971 bits per heavy atom. The highest BCUT2D eigenvalue weighted by Gasteiger charge is 2.26. The molecule has 1 aliphatic heterocycles. The van der Waals surface area contributed by atoms with Gasteiger partial charge in [0.2, 0.25) is 0 Å². The molecule has 0 N–H and O–H groups in total. The summed E-state index contributed by atoms with van der Waals surface area (Å²) in [6, 6.07) is 20.6. The fourth-order valence-corrected chi connectivity index (χ4v) is 4.86. The molecule has 180 valence electrons. The quantitative estimate of drug-likeness (QED) is 0.234. The molecule has 4 heteroatoms. The molecule has 3 aromatic rings. The van der Waals surface area contributed by atoms with Crippen molar-refractivity contribution in [2.45, 2.75) is 46.0 Å².